The van der Waals surface area contributed by atoms with Crippen molar-refractivity contribution < 1.29 is 18.7 Å². The number of halogens is 1. The lowest BCUT2D eigenvalue weighted by Crippen LogP contribution is -2.39. The number of hydrogen-bond donors (Lipinski definition) is 3. The number of carbonyl (C=O) groups is 1. The molecule has 1 saturated heterocycles. The van der Waals surface area contributed by atoms with Gasteiger partial charge in [0.25, 0.3) is 0 Å². The summed E-state index contributed by atoms with van der Waals surface area (Å²) in [5.41, 5.74) is 8.15. The molecule has 2 atom stereocenters. The quantitative estimate of drug-likeness (QED) is 0.766. The second kappa shape index (κ2) is 7.72. The van der Waals surface area contributed by atoms with E-state index in [0.717, 1.165) is 5.56 Å². The summed E-state index contributed by atoms with van der Waals surface area (Å²) in [4.78, 5) is 12.6. The highest BCUT2D eigenvalue weighted by Crippen LogP contribution is 2.30. The van der Waals surface area contributed by atoms with Gasteiger partial charge in [0.1, 0.15) is 23.4 Å². The van der Waals surface area contributed by atoms with Crippen LogP contribution in [0.1, 0.15) is 23.6 Å². The number of hydrazine groups is 1. The number of amides is 1. The van der Waals surface area contributed by atoms with Gasteiger partial charge in [0.05, 0.1) is 19.9 Å². The van der Waals surface area contributed by atoms with Crippen molar-refractivity contribution in [1.29, 1.82) is 0 Å². The Bertz CT molecular complexity index is 813. The fourth-order valence-electron chi connectivity index (χ4n) is 2.96. The van der Waals surface area contributed by atoms with Crippen LogP contribution in [0.15, 0.2) is 36.4 Å². The van der Waals surface area contributed by atoms with E-state index in [1.54, 1.807) is 51.5 Å². The fraction of sp³-hybridized carbons (Fsp3) is 0.316. The van der Waals surface area contributed by atoms with Gasteiger partial charge >= 0.3 is 0 Å². The van der Waals surface area contributed by atoms with Crippen molar-refractivity contribution in [3.8, 4) is 11.5 Å². The molecule has 0 radical (unpaired) electrons. The lowest BCUT2D eigenvalue weighted by molar-refractivity contribution is -0.117. The Balaban J connectivity index is 1.69. The maximum atomic E-state index is 13.4. The first kappa shape index (κ1) is 18.2. The molecular formula is C19H22FN3O3. The van der Waals surface area contributed by atoms with Gasteiger partial charge in [-0.2, -0.15) is 0 Å². The van der Waals surface area contributed by atoms with Crippen molar-refractivity contribution in [3.63, 3.8) is 0 Å². The van der Waals surface area contributed by atoms with E-state index < -0.39 is 6.04 Å². The van der Waals surface area contributed by atoms with E-state index in [0.29, 0.717) is 29.2 Å². The Morgan fingerprint density at radius 3 is 2.65 bits per heavy atom. The maximum Gasteiger partial charge on any atom is 0.243 e. The maximum absolute atomic E-state index is 13.4. The monoisotopic (exact) mass is 359 g/mol. The van der Waals surface area contributed by atoms with E-state index >= 15 is 0 Å². The molecule has 2 aromatic carbocycles. The van der Waals surface area contributed by atoms with Gasteiger partial charge < -0.3 is 14.8 Å². The number of benzene rings is 2. The lowest BCUT2D eigenvalue weighted by Gasteiger charge is -2.14. The lowest BCUT2D eigenvalue weighted by atomic mass is 10.00. The van der Waals surface area contributed by atoms with Crippen molar-refractivity contribution in [2.24, 2.45) is 0 Å². The molecular weight excluding hydrogens is 337 g/mol. The third kappa shape index (κ3) is 3.79. The number of carbonyl (C=O) groups excluding carboxylic acids is 1. The molecule has 7 heteroatoms. The Kier molecular flexibility index (Phi) is 5.39. The molecule has 2 unspecified atom stereocenters. The van der Waals surface area contributed by atoms with Crippen LogP contribution in [-0.4, -0.2) is 26.2 Å². The van der Waals surface area contributed by atoms with E-state index in [-0.39, 0.29) is 17.8 Å². The van der Waals surface area contributed by atoms with E-state index in [9.17, 15) is 9.18 Å². The predicted octanol–water partition coefficient (Wildman–Crippen LogP) is 2.70. The van der Waals surface area contributed by atoms with Crippen LogP contribution in [-0.2, 0) is 4.79 Å². The average Bonchev–Trinajstić information content (AvgIpc) is 3.14. The number of anilines is 1. The standard InChI is InChI=1S/C19H22FN3O3/c1-11-8-12(4-6-14(11)20)15-10-17(23-22-15)19(24)21-16-9-13(25-2)5-7-18(16)26-3/h4-9,15,17,22-23H,10H2,1-3H3,(H,21,24). The molecule has 0 aromatic heterocycles. The number of aryl methyl sites for hydroxylation is 1. The summed E-state index contributed by atoms with van der Waals surface area (Å²) in [7, 11) is 3.10. The van der Waals surface area contributed by atoms with Crippen molar-refractivity contribution in [2.45, 2.75) is 25.4 Å². The fourth-order valence-corrected chi connectivity index (χ4v) is 2.96. The van der Waals surface area contributed by atoms with Crippen molar-refractivity contribution in [2.75, 3.05) is 19.5 Å². The second-order valence-corrected chi connectivity index (χ2v) is 6.19. The predicted molar refractivity (Wildman–Crippen MR) is 96.7 cm³/mol. The zero-order chi connectivity index (χ0) is 18.7. The summed E-state index contributed by atoms with van der Waals surface area (Å²) >= 11 is 0. The molecule has 6 nitrogen and oxygen atoms in total. The van der Waals surface area contributed by atoms with E-state index in [1.165, 1.54) is 6.07 Å². The molecule has 1 fully saturated rings. The van der Waals surface area contributed by atoms with E-state index in [2.05, 4.69) is 16.2 Å². The Hall–Kier alpha value is -2.64. The van der Waals surface area contributed by atoms with Crippen molar-refractivity contribution in [3.05, 3.63) is 53.3 Å². The van der Waals surface area contributed by atoms with Crippen LogP contribution in [0, 0.1) is 12.7 Å². The summed E-state index contributed by atoms with van der Waals surface area (Å²) < 4.78 is 23.9. The minimum absolute atomic E-state index is 0.0720. The highest BCUT2D eigenvalue weighted by Gasteiger charge is 2.30. The number of methoxy groups -OCH3 is 2. The molecule has 1 aliphatic rings. The van der Waals surface area contributed by atoms with E-state index in [1.807, 2.05) is 0 Å². The minimum Gasteiger partial charge on any atom is -0.497 e. The van der Waals surface area contributed by atoms with Crippen LogP contribution in [0.25, 0.3) is 0 Å². The normalized spacial score (nSPS) is 19.2. The first-order valence-corrected chi connectivity index (χ1v) is 8.32. The van der Waals surface area contributed by atoms with Gasteiger partial charge in [-0.25, -0.2) is 15.2 Å². The molecule has 0 bridgehead atoms. The van der Waals surface area contributed by atoms with Gasteiger partial charge in [0, 0.05) is 12.1 Å². The Morgan fingerprint density at radius 1 is 1.15 bits per heavy atom. The molecule has 0 saturated carbocycles. The molecule has 1 amide bonds. The smallest absolute Gasteiger partial charge is 0.243 e. The second-order valence-electron chi connectivity index (χ2n) is 6.19. The highest BCUT2D eigenvalue weighted by molar-refractivity contribution is 5.96. The Labute approximate surface area is 151 Å². The molecule has 26 heavy (non-hydrogen) atoms. The van der Waals surface area contributed by atoms with Crippen LogP contribution in [0.4, 0.5) is 10.1 Å². The zero-order valence-corrected chi connectivity index (χ0v) is 14.9. The molecule has 0 spiro atoms. The van der Waals surface area contributed by atoms with E-state index in [4.69, 9.17) is 9.47 Å². The van der Waals surface area contributed by atoms with Crippen LogP contribution in [0.3, 0.4) is 0 Å². The number of ether oxygens (including phenoxy) is 2. The summed E-state index contributed by atoms with van der Waals surface area (Å²) in [5, 5.41) is 2.86. The Morgan fingerprint density at radius 2 is 1.96 bits per heavy atom. The molecule has 0 aliphatic carbocycles. The summed E-state index contributed by atoms with van der Waals surface area (Å²) in [6.45, 7) is 1.72. The first-order chi connectivity index (χ1) is 12.5. The minimum atomic E-state index is -0.429. The molecule has 2 aromatic rings. The molecule has 3 N–H and O–H groups in total. The first-order valence-electron chi connectivity index (χ1n) is 8.32. The summed E-state index contributed by atoms with van der Waals surface area (Å²) in [5.74, 6) is 0.749. The van der Waals surface area contributed by atoms with Crippen LogP contribution >= 0.6 is 0 Å². The molecule has 1 heterocycles. The zero-order valence-electron chi connectivity index (χ0n) is 14.9. The van der Waals surface area contributed by atoms with Crippen LogP contribution in [0.5, 0.6) is 11.5 Å². The summed E-state index contributed by atoms with van der Waals surface area (Å²) in [6.07, 6.45) is 0.545. The van der Waals surface area contributed by atoms with Gasteiger partial charge in [0.2, 0.25) is 5.91 Å². The van der Waals surface area contributed by atoms with Gasteiger partial charge in [-0.3, -0.25) is 4.79 Å². The SMILES string of the molecule is COc1ccc(OC)c(NC(=O)C2CC(c3ccc(F)c(C)c3)NN2)c1. The van der Waals surface area contributed by atoms with Gasteiger partial charge in [-0.1, -0.05) is 12.1 Å². The van der Waals surface area contributed by atoms with Crippen molar-refractivity contribution >= 4 is 11.6 Å². The molecule has 1 aliphatic heterocycles. The third-order valence-corrected chi connectivity index (χ3v) is 4.47. The van der Waals surface area contributed by atoms with Gasteiger partial charge in [-0.15, -0.1) is 0 Å². The van der Waals surface area contributed by atoms with Crippen molar-refractivity contribution in [1.82, 2.24) is 10.9 Å². The highest BCUT2D eigenvalue weighted by atomic mass is 19.1. The van der Waals surface area contributed by atoms with Crippen LogP contribution < -0.4 is 25.6 Å². The summed E-state index contributed by atoms with van der Waals surface area (Å²) in [6, 6.07) is 9.67. The number of hydrogen-bond acceptors (Lipinski definition) is 5. The molecule has 138 valence electrons. The number of rotatable bonds is 5. The molecule has 3 rings (SSSR count). The largest absolute Gasteiger partial charge is 0.497 e. The third-order valence-electron chi connectivity index (χ3n) is 4.47. The topological polar surface area (TPSA) is 71.6 Å². The van der Waals surface area contributed by atoms with Crippen LogP contribution in [0.2, 0.25) is 0 Å². The van der Waals surface area contributed by atoms with Gasteiger partial charge in [0.15, 0.2) is 0 Å². The number of nitrogens with one attached hydrogen (secondary N) is 3. The average molecular weight is 359 g/mol. The van der Waals surface area contributed by atoms with Gasteiger partial charge in [-0.05, 0) is 42.7 Å².